The summed E-state index contributed by atoms with van der Waals surface area (Å²) in [4.78, 5) is 36.5. The summed E-state index contributed by atoms with van der Waals surface area (Å²) in [6, 6.07) is 10.3. The molecular formula is C26H29FN6O4S. The second kappa shape index (κ2) is 10.7. The molecule has 1 fully saturated rings. The van der Waals surface area contributed by atoms with Crippen molar-refractivity contribution in [2.45, 2.75) is 38.5 Å². The number of nitrogens with two attached hydrogens (primary N) is 1. The van der Waals surface area contributed by atoms with E-state index >= 15 is 0 Å². The van der Waals surface area contributed by atoms with E-state index in [0.29, 0.717) is 22.1 Å². The zero-order valence-electron chi connectivity index (χ0n) is 21.1. The Morgan fingerprint density at radius 3 is 2.76 bits per heavy atom. The van der Waals surface area contributed by atoms with Gasteiger partial charge in [0.1, 0.15) is 11.5 Å². The average Bonchev–Trinajstić information content (AvgIpc) is 3.35. The van der Waals surface area contributed by atoms with Crippen LogP contribution in [0.5, 0.6) is 0 Å². The number of fused-ring (bicyclic) bond motifs is 1. The Bertz CT molecular complexity index is 1340. The van der Waals surface area contributed by atoms with Gasteiger partial charge < -0.3 is 25.0 Å². The number of carbonyl (C=O) groups is 2. The number of halogens is 1. The molecule has 2 aliphatic heterocycles. The first-order valence-corrected chi connectivity index (χ1v) is 13.2. The number of ether oxygens (including phenoxy) is 2. The van der Waals surface area contributed by atoms with Crippen molar-refractivity contribution in [3.8, 4) is 11.4 Å². The largest absolute Gasteiger partial charge is 0.372 e. The molecule has 2 amide bonds. The predicted octanol–water partition coefficient (Wildman–Crippen LogP) is 2.80. The maximum absolute atomic E-state index is 14.6. The summed E-state index contributed by atoms with van der Waals surface area (Å²) < 4.78 is 25.5. The van der Waals surface area contributed by atoms with Gasteiger partial charge in [-0.15, -0.1) is 11.3 Å². The number of pyridine rings is 1. The molecule has 2 aromatic heterocycles. The van der Waals surface area contributed by atoms with Gasteiger partial charge >= 0.3 is 0 Å². The van der Waals surface area contributed by atoms with Crippen molar-refractivity contribution in [3.63, 3.8) is 0 Å². The van der Waals surface area contributed by atoms with Crippen molar-refractivity contribution in [2.24, 2.45) is 5.73 Å². The van der Waals surface area contributed by atoms with Crippen LogP contribution < -0.4 is 21.3 Å². The monoisotopic (exact) mass is 540 g/mol. The fraction of sp³-hybridized carbons (Fsp3) is 0.385. The van der Waals surface area contributed by atoms with Crippen LogP contribution in [0, 0.1) is 0 Å². The highest BCUT2D eigenvalue weighted by Crippen LogP contribution is 2.30. The van der Waals surface area contributed by atoms with Crippen molar-refractivity contribution in [2.75, 3.05) is 36.5 Å². The van der Waals surface area contributed by atoms with Gasteiger partial charge in [-0.05, 0) is 43.7 Å². The molecule has 38 heavy (non-hydrogen) atoms. The Balaban J connectivity index is 1.18. The Kier molecular flexibility index (Phi) is 7.39. The van der Waals surface area contributed by atoms with Crippen LogP contribution in [-0.4, -0.2) is 60.2 Å². The first-order valence-electron chi connectivity index (χ1n) is 12.3. The number of anilines is 2. The van der Waals surface area contributed by atoms with Crippen molar-refractivity contribution >= 4 is 34.1 Å². The van der Waals surface area contributed by atoms with E-state index in [-0.39, 0.29) is 43.1 Å². The zero-order chi connectivity index (χ0) is 26.9. The molecule has 12 heteroatoms. The van der Waals surface area contributed by atoms with Crippen LogP contribution in [0.25, 0.3) is 11.4 Å². The minimum Gasteiger partial charge on any atom is -0.372 e. The SMILES string of the molecule is C[C@@H]1CN(c2cccc(-c3csc(NC(=O)CNC(=O)c4ccc5c(c4)[C@](N)(F)COC5)n3)n2)C[C@H](C)O1. The number of nitrogens with one attached hydrogen (secondary N) is 2. The summed E-state index contributed by atoms with van der Waals surface area (Å²) in [5, 5.41) is 7.45. The summed E-state index contributed by atoms with van der Waals surface area (Å²) in [6.07, 6.45) is 0.232. The lowest BCUT2D eigenvalue weighted by Gasteiger charge is -2.36. The van der Waals surface area contributed by atoms with Crippen LogP contribution in [0.1, 0.15) is 35.3 Å². The third kappa shape index (κ3) is 5.83. The average molecular weight is 541 g/mol. The van der Waals surface area contributed by atoms with Gasteiger partial charge in [-0.1, -0.05) is 12.1 Å². The van der Waals surface area contributed by atoms with Gasteiger partial charge in [-0.3, -0.25) is 15.3 Å². The van der Waals surface area contributed by atoms with Crippen LogP contribution in [0.2, 0.25) is 0 Å². The summed E-state index contributed by atoms with van der Waals surface area (Å²) in [5.74, 6) is -2.28. The Morgan fingerprint density at radius 2 is 1.97 bits per heavy atom. The second-order valence-electron chi connectivity index (χ2n) is 9.54. The molecule has 3 aromatic rings. The van der Waals surface area contributed by atoms with E-state index in [1.165, 1.54) is 17.4 Å². The van der Waals surface area contributed by atoms with Crippen LogP contribution in [0.3, 0.4) is 0 Å². The number of nitrogens with zero attached hydrogens (tertiary/aromatic N) is 3. The van der Waals surface area contributed by atoms with E-state index in [1.54, 1.807) is 12.1 Å². The fourth-order valence-electron chi connectivity index (χ4n) is 4.60. The molecule has 10 nitrogen and oxygen atoms in total. The van der Waals surface area contributed by atoms with Crippen LogP contribution >= 0.6 is 11.3 Å². The Morgan fingerprint density at radius 1 is 1.18 bits per heavy atom. The standard InChI is InChI=1S/C26H29FN6O4S/c1-15-10-33(11-16(2)37-15)22-5-3-4-20(30-22)21-13-38-25(31-21)32-23(34)9-29-24(35)17-6-7-18-12-36-14-26(27,28)19(18)8-17/h3-8,13,15-16H,9-12,14,28H2,1-2H3,(H,29,35)(H,31,32,34)/t15-,16+,26-/m0/s1. The van der Waals surface area contributed by atoms with Gasteiger partial charge in [-0.2, -0.15) is 0 Å². The van der Waals surface area contributed by atoms with Gasteiger partial charge in [0.25, 0.3) is 5.91 Å². The van der Waals surface area contributed by atoms with Gasteiger partial charge in [0.05, 0.1) is 37.7 Å². The lowest BCUT2D eigenvalue weighted by atomic mass is 9.95. The highest BCUT2D eigenvalue weighted by atomic mass is 32.1. The molecule has 0 bridgehead atoms. The second-order valence-corrected chi connectivity index (χ2v) is 10.4. The molecule has 0 spiro atoms. The molecule has 3 atom stereocenters. The molecular weight excluding hydrogens is 511 g/mol. The maximum Gasteiger partial charge on any atom is 0.251 e. The van der Waals surface area contributed by atoms with Crippen LogP contribution in [-0.2, 0) is 26.7 Å². The smallest absolute Gasteiger partial charge is 0.251 e. The van der Waals surface area contributed by atoms with Gasteiger partial charge in [0.2, 0.25) is 11.7 Å². The summed E-state index contributed by atoms with van der Waals surface area (Å²) in [6.45, 7) is 5.26. The van der Waals surface area contributed by atoms with E-state index < -0.39 is 17.6 Å². The number of benzene rings is 1. The van der Waals surface area contributed by atoms with E-state index in [0.717, 1.165) is 18.9 Å². The number of carbonyl (C=O) groups excluding carboxylic acids is 2. The number of amides is 2. The molecule has 0 unspecified atom stereocenters. The van der Waals surface area contributed by atoms with E-state index in [4.69, 9.17) is 20.2 Å². The molecule has 0 aliphatic carbocycles. The van der Waals surface area contributed by atoms with Gasteiger partial charge in [0.15, 0.2) is 5.13 Å². The quantitative estimate of drug-likeness (QED) is 0.407. The summed E-state index contributed by atoms with van der Waals surface area (Å²) in [7, 11) is 0. The first kappa shape index (κ1) is 26.2. The Labute approximate surface area is 223 Å². The van der Waals surface area contributed by atoms with Crippen molar-refractivity contribution in [1.82, 2.24) is 15.3 Å². The number of hydrogen-bond acceptors (Lipinski definition) is 9. The number of aromatic nitrogens is 2. The number of rotatable bonds is 6. The van der Waals surface area contributed by atoms with Crippen LogP contribution in [0.15, 0.2) is 41.8 Å². The maximum atomic E-state index is 14.6. The highest BCUT2D eigenvalue weighted by molar-refractivity contribution is 7.14. The van der Waals surface area contributed by atoms with Crippen molar-refractivity contribution < 1.29 is 23.5 Å². The lowest BCUT2D eigenvalue weighted by Crippen LogP contribution is -2.45. The summed E-state index contributed by atoms with van der Waals surface area (Å²) in [5.41, 5.74) is 8.00. The van der Waals surface area contributed by atoms with Gasteiger partial charge in [0, 0.05) is 29.6 Å². The minimum atomic E-state index is -2.17. The molecule has 0 radical (unpaired) electrons. The molecule has 0 saturated carbocycles. The zero-order valence-corrected chi connectivity index (χ0v) is 21.9. The normalized spacial score (nSPS) is 23.0. The molecule has 4 N–H and O–H groups in total. The first-order chi connectivity index (χ1) is 18.2. The van der Waals surface area contributed by atoms with Crippen molar-refractivity contribution in [3.05, 3.63) is 58.5 Å². The van der Waals surface area contributed by atoms with E-state index in [1.807, 2.05) is 37.4 Å². The van der Waals surface area contributed by atoms with E-state index in [9.17, 15) is 14.0 Å². The molecule has 2 aliphatic rings. The van der Waals surface area contributed by atoms with Crippen LogP contribution in [0.4, 0.5) is 15.3 Å². The Hall–Kier alpha value is -3.45. The minimum absolute atomic E-state index is 0.116. The lowest BCUT2D eigenvalue weighted by molar-refractivity contribution is -0.115. The number of thiazole rings is 1. The molecule has 1 aromatic carbocycles. The predicted molar refractivity (Wildman–Crippen MR) is 142 cm³/mol. The number of hydrogen-bond donors (Lipinski definition) is 3. The third-order valence-corrected chi connectivity index (χ3v) is 7.05. The summed E-state index contributed by atoms with van der Waals surface area (Å²) >= 11 is 1.26. The molecule has 1 saturated heterocycles. The molecule has 5 rings (SSSR count). The number of alkyl halides is 1. The van der Waals surface area contributed by atoms with Crippen molar-refractivity contribution in [1.29, 1.82) is 0 Å². The third-order valence-electron chi connectivity index (χ3n) is 6.29. The highest BCUT2D eigenvalue weighted by Gasteiger charge is 2.34. The van der Waals surface area contributed by atoms with Gasteiger partial charge in [-0.25, -0.2) is 14.4 Å². The topological polar surface area (TPSA) is 132 Å². The molecule has 4 heterocycles. The molecule has 200 valence electrons. The number of morpholine rings is 1. The van der Waals surface area contributed by atoms with E-state index in [2.05, 4.69) is 20.5 Å². The fourth-order valence-corrected chi connectivity index (χ4v) is 5.32.